The zero-order valence-corrected chi connectivity index (χ0v) is 12.5. The summed E-state index contributed by atoms with van der Waals surface area (Å²) in [6, 6.07) is 7.24. The van der Waals surface area contributed by atoms with E-state index < -0.39 is 0 Å². The Balaban J connectivity index is 1.50. The average molecular weight is 313 g/mol. The molecule has 0 saturated heterocycles. The Kier molecular flexibility index (Phi) is 4.32. The molecule has 0 spiro atoms. The smallest absolute Gasteiger partial charge is 0.258 e. The number of nitrogens with zero attached hydrogens (tertiary/aromatic N) is 4. The highest BCUT2D eigenvalue weighted by molar-refractivity contribution is 5.77. The molecule has 0 atom stereocenters. The summed E-state index contributed by atoms with van der Waals surface area (Å²) < 4.78 is 12.3. The number of hydrogen-bond donors (Lipinski definition) is 1. The maximum Gasteiger partial charge on any atom is 0.258 e. The lowest BCUT2D eigenvalue weighted by Gasteiger charge is -2.05. The van der Waals surface area contributed by atoms with Gasteiger partial charge >= 0.3 is 0 Å². The van der Waals surface area contributed by atoms with Crippen molar-refractivity contribution >= 4 is 5.91 Å². The maximum atomic E-state index is 11.7. The molecule has 0 saturated carbocycles. The molecule has 3 aromatic heterocycles. The molecule has 0 unspecified atom stereocenters. The average Bonchev–Trinajstić information content (AvgIpc) is 3.20. The number of hydrogen-bond acceptors (Lipinski definition) is 6. The number of pyridine rings is 1. The lowest BCUT2D eigenvalue weighted by molar-refractivity contribution is -0.123. The van der Waals surface area contributed by atoms with Gasteiger partial charge in [0.15, 0.2) is 6.61 Å². The Bertz CT molecular complexity index is 781. The first-order chi connectivity index (χ1) is 11.2. The molecule has 0 fully saturated rings. The largest absolute Gasteiger partial charge is 0.482 e. The minimum Gasteiger partial charge on any atom is -0.482 e. The summed E-state index contributed by atoms with van der Waals surface area (Å²) in [6.45, 7) is 0.0388. The van der Waals surface area contributed by atoms with Crippen molar-refractivity contribution in [2.24, 2.45) is 7.05 Å². The SMILES string of the molecule is Cn1cccc1-c1noc(CNC(=O)COc2cccnc2)n1. The normalized spacial score (nSPS) is 10.5. The van der Waals surface area contributed by atoms with Crippen LogP contribution in [-0.4, -0.2) is 32.2 Å². The number of amides is 1. The zero-order chi connectivity index (χ0) is 16.1. The van der Waals surface area contributed by atoms with Gasteiger partial charge in [-0.2, -0.15) is 4.98 Å². The Hall–Kier alpha value is -3.16. The fourth-order valence-electron chi connectivity index (χ4n) is 1.93. The third kappa shape index (κ3) is 3.73. The van der Waals surface area contributed by atoms with Crippen molar-refractivity contribution in [2.45, 2.75) is 6.54 Å². The van der Waals surface area contributed by atoms with E-state index >= 15 is 0 Å². The van der Waals surface area contributed by atoms with Gasteiger partial charge in [-0.3, -0.25) is 9.78 Å². The monoisotopic (exact) mass is 313 g/mol. The number of carbonyl (C=O) groups is 1. The summed E-state index contributed by atoms with van der Waals surface area (Å²) in [4.78, 5) is 19.9. The highest BCUT2D eigenvalue weighted by Crippen LogP contribution is 2.15. The quantitative estimate of drug-likeness (QED) is 0.734. The van der Waals surface area contributed by atoms with Crippen molar-refractivity contribution in [3.05, 3.63) is 48.7 Å². The minimum absolute atomic E-state index is 0.107. The Morgan fingerprint density at radius 1 is 1.39 bits per heavy atom. The Morgan fingerprint density at radius 3 is 3.04 bits per heavy atom. The number of aryl methyl sites for hydroxylation is 1. The summed E-state index contributed by atoms with van der Waals surface area (Å²) >= 11 is 0. The molecule has 0 radical (unpaired) electrons. The van der Waals surface area contributed by atoms with E-state index in [0.29, 0.717) is 17.5 Å². The molecular weight excluding hydrogens is 298 g/mol. The van der Waals surface area contributed by atoms with Gasteiger partial charge in [0.25, 0.3) is 5.91 Å². The van der Waals surface area contributed by atoms with Crippen LogP contribution in [-0.2, 0) is 18.4 Å². The number of aromatic nitrogens is 4. The second-order valence-corrected chi connectivity index (χ2v) is 4.77. The van der Waals surface area contributed by atoms with Gasteiger partial charge in [-0.05, 0) is 24.3 Å². The van der Waals surface area contributed by atoms with Crippen LogP contribution in [0.5, 0.6) is 5.75 Å². The minimum atomic E-state index is -0.285. The first-order valence-corrected chi connectivity index (χ1v) is 6.96. The van der Waals surface area contributed by atoms with Gasteiger partial charge in [0.2, 0.25) is 11.7 Å². The molecule has 23 heavy (non-hydrogen) atoms. The van der Waals surface area contributed by atoms with Gasteiger partial charge in [-0.15, -0.1) is 0 Å². The molecule has 8 heteroatoms. The molecule has 0 aliphatic carbocycles. The molecule has 118 valence electrons. The fourth-order valence-corrected chi connectivity index (χ4v) is 1.93. The van der Waals surface area contributed by atoms with Gasteiger partial charge < -0.3 is 19.1 Å². The summed E-state index contributed by atoms with van der Waals surface area (Å²) in [6.07, 6.45) is 5.06. The summed E-state index contributed by atoms with van der Waals surface area (Å²) in [5.74, 6) is 1.06. The molecular formula is C15H15N5O3. The second-order valence-electron chi connectivity index (χ2n) is 4.77. The predicted octanol–water partition coefficient (Wildman–Crippen LogP) is 1.17. The van der Waals surface area contributed by atoms with Crippen molar-refractivity contribution in [3.63, 3.8) is 0 Å². The summed E-state index contributed by atoms with van der Waals surface area (Å²) in [5, 5.41) is 6.55. The molecule has 8 nitrogen and oxygen atoms in total. The molecule has 0 aliphatic heterocycles. The van der Waals surface area contributed by atoms with Gasteiger partial charge in [-0.1, -0.05) is 5.16 Å². The number of carbonyl (C=O) groups excluding carboxylic acids is 1. The van der Waals surface area contributed by atoms with E-state index in [4.69, 9.17) is 9.26 Å². The van der Waals surface area contributed by atoms with Gasteiger partial charge in [0.1, 0.15) is 5.75 Å². The number of ether oxygens (including phenoxy) is 1. The van der Waals surface area contributed by atoms with Crippen LogP contribution in [0.4, 0.5) is 0 Å². The van der Waals surface area contributed by atoms with Crippen LogP contribution in [0.25, 0.3) is 11.5 Å². The Labute approximate surface area is 132 Å². The van der Waals surface area contributed by atoms with Crippen LogP contribution >= 0.6 is 0 Å². The molecule has 0 bridgehead atoms. The van der Waals surface area contributed by atoms with Crippen LogP contribution in [0, 0.1) is 0 Å². The number of nitrogens with one attached hydrogen (secondary N) is 1. The van der Waals surface area contributed by atoms with Crippen LogP contribution in [0.3, 0.4) is 0 Å². The van der Waals surface area contributed by atoms with E-state index in [1.54, 1.807) is 18.3 Å². The van der Waals surface area contributed by atoms with Crippen LogP contribution in [0.1, 0.15) is 5.89 Å². The van der Waals surface area contributed by atoms with Crippen molar-refractivity contribution in [3.8, 4) is 17.3 Å². The molecule has 0 aliphatic rings. The summed E-state index contributed by atoms with van der Waals surface area (Å²) in [5.41, 5.74) is 0.839. The first-order valence-electron chi connectivity index (χ1n) is 6.96. The number of rotatable bonds is 6. The molecule has 3 rings (SSSR count). The predicted molar refractivity (Wildman–Crippen MR) is 80.3 cm³/mol. The van der Waals surface area contributed by atoms with Crippen molar-refractivity contribution in [1.82, 2.24) is 25.0 Å². The lowest BCUT2D eigenvalue weighted by atomic mass is 10.4. The standard InChI is InChI=1S/C15H15N5O3/c1-20-7-3-5-12(20)15-18-14(23-19-15)9-17-13(21)10-22-11-4-2-6-16-8-11/h2-8H,9-10H2,1H3,(H,17,21). The third-order valence-electron chi connectivity index (χ3n) is 3.08. The van der Waals surface area contributed by atoms with E-state index in [9.17, 15) is 4.79 Å². The van der Waals surface area contributed by atoms with E-state index in [1.807, 2.05) is 29.9 Å². The van der Waals surface area contributed by atoms with E-state index in [1.165, 1.54) is 6.20 Å². The van der Waals surface area contributed by atoms with E-state index in [2.05, 4.69) is 20.4 Å². The van der Waals surface area contributed by atoms with Gasteiger partial charge in [0.05, 0.1) is 18.4 Å². The third-order valence-corrected chi connectivity index (χ3v) is 3.08. The molecule has 3 heterocycles. The van der Waals surface area contributed by atoms with Crippen LogP contribution in [0.15, 0.2) is 47.4 Å². The molecule has 1 N–H and O–H groups in total. The van der Waals surface area contributed by atoms with Gasteiger partial charge in [0, 0.05) is 19.4 Å². The molecule has 0 aromatic carbocycles. The van der Waals surface area contributed by atoms with Crippen molar-refractivity contribution in [1.29, 1.82) is 0 Å². The fraction of sp³-hybridized carbons (Fsp3) is 0.200. The highest BCUT2D eigenvalue weighted by Gasteiger charge is 2.12. The van der Waals surface area contributed by atoms with E-state index in [0.717, 1.165) is 5.69 Å². The van der Waals surface area contributed by atoms with Crippen molar-refractivity contribution < 1.29 is 14.1 Å². The molecule has 1 amide bonds. The second kappa shape index (κ2) is 6.73. The maximum absolute atomic E-state index is 11.7. The zero-order valence-electron chi connectivity index (χ0n) is 12.5. The Morgan fingerprint density at radius 2 is 2.30 bits per heavy atom. The molecule has 3 aromatic rings. The van der Waals surface area contributed by atoms with Crippen LogP contribution < -0.4 is 10.1 Å². The van der Waals surface area contributed by atoms with Crippen molar-refractivity contribution in [2.75, 3.05) is 6.61 Å². The highest BCUT2D eigenvalue weighted by atomic mass is 16.5. The summed E-state index contributed by atoms with van der Waals surface area (Å²) in [7, 11) is 1.89. The first kappa shape index (κ1) is 14.8. The van der Waals surface area contributed by atoms with E-state index in [-0.39, 0.29) is 19.1 Å². The lowest BCUT2D eigenvalue weighted by Crippen LogP contribution is -2.28. The topological polar surface area (TPSA) is 95.1 Å². The van der Waals surface area contributed by atoms with Crippen LogP contribution in [0.2, 0.25) is 0 Å². The van der Waals surface area contributed by atoms with Gasteiger partial charge in [-0.25, -0.2) is 0 Å².